The third-order valence-corrected chi connectivity index (χ3v) is 1.56. The number of rotatable bonds is 1. The van der Waals surface area contributed by atoms with Crippen molar-refractivity contribution in [3.8, 4) is 0 Å². The zero-order valence-electron chi connectivity index (χ0n) is 5.99. The zero-order chi connectivity index (χ0) is 7.52. The summed E-state index contributed by atoms with van der Waals surface area (Å²) in [6.45, 7) is 0.774. The fourth-order valence-corrected chi connectivity index (χ4v) is 1.02. The van der Waals surface area contributed by atoms with Crippen LogP contribution in [0, 0.1) is 0 Å². The van der Waals surface area contributed by atoms with Crippen LogP contribution in [0.1, 0.15) is 0 Å². The van der Waals surface area contributed by atoms with E-state index in [0.717, 1.165) is 6.67 Å². The van der Waals surface area contributed by atoms with Crippen LogP contribution in [0.3, 0.4) is 0 Å². The fraction of sp³-hybridized carbons (Fsp3) is 0.250. The highest BCUT2D eigenvalue weighted by Gasteiger charge is 2.19. The highest BCUT2D eigenvalue weighted by Crippen LogP contribution is 1.84. The van der Waals surface area contributed by atoms with Gasteiger partial charge in [-0.05, 0) is 0 Å². The molecule has 1 aromatic heterocycles. The van der Waals surface area contributed by atoms with Gasteiger partial charge in [0.1, 0.15) is 0 Å². The average Bonchev–Trinajstić information content (AvgIpc) is 2.58. The minimum atomic E-state index is 0.124. The number of imidazole rings is 1. The Bertz CT molecular complexity index is 206. The zero-order valence-corrected chi connectivity index (χ0v) is 5.99. The molecule has 1 saturated heterocycles. The number of hydrogen-bond acceptors (Lipinski definition) is 4. The molecular formula is C4H8B2N5. The summed E-state index contributed by atoms with van der Waals surface area (Å²) in [4.78, 5) is 3.95. The van der Waals surface area contributed by atoms with Crippen LogP contribution >= 0.6 is 0 Å². The van der Waals surface area contributed by atoms with E-state index in [1.54, 1.807) is 12.5 Å². The molecule has 5 nitrogen and oxygen atoms in total. The number of hydrogen-bond donors (Lipinski definition) is 3. The standard InChI is InChI=1S/C4H8B2N5/c1-2-11(4-7-1)6-9-3-8-5-10-6/h1-2,4,8-10H,3H2. The smallest absolute Gasteiger partial charge is 0.353 e. The van der Waals surface area contributed by atoms with Gasteiger partial charge in [0.15, 0.2) is 0 Å². The molecule has 55 valence electrons. The van der Waals surface area contributed by atoms with Crippen molar-refractivity contribution < 1.29 is 0 Å². The van der Waals surface area contributed by atoms with E-state index in [4.69, 9.17) is 0 Å². The molecular weight excluding hydrogens is 140 g/mol. The van der Waals surface area contributed by atoms with E-state index in [1.807, 2.05) is 18.2 Å². The van der Waals surface area contributed by atoms with Gasteiger partial charge in [-0.25, -0.2) is 4.98 Å². The molecule has 0 unspecified atom stereocenters. The van der Waals surface area contributed by atoms with E-state index in [1.165, 1.54) is 0 Å². The molecule has 1 radical (unpaired) electrons. The molecule has 1 aliphatic heterocycles. The highest BCUT2D eigenvalue weighted by molar-refractivity contribution is 6.62. The van der Waals surface area contributed by atoms with Crippen molar-refractivity contribution in [1.82, 2.24) is 25.1 Å². The predicted octanol–water partition coefficient (Wildman–Crippen LogP) is -2.01. The second-order valence-corrected chi connectivity index (χ2v) is 2.31. The molecule has 0 aliphatic carbocycles. The van der Waals surface area contributed by atoms with Crippen molar-refractivity contribution >= 4 is 14.7 Å². The molecule has 0 spiro atoms. The molecule has 0 aromatic carbocycles. The first-order valence-electron chi connectivity index (χ1n) is 3.49. The Morgan fingerprint density at radius 1 is 1.64 bits per heavy atom. The van der Waals surface area contributed by atoms with E-state index in [-0.39, 0.29) is 7.12 Å². The van der Waals surface area contributed by atoms with Gasteiger partial charge in [0.2, 0.25) is 0 Å². The second-order valence-electron chi connectivity index (χ2n) is 2.31. The van der Waals surface area contributed by atoms with Crippen LogP contribution in [0.15, 0.2) is 18.7 Å². The molecule has 3 N–H and O–H groups in total. The van der Waals surface area contributed by atoms with Crippen molar-refractivity contribution in [1.29, 1.82) is 0 Å². The molecule has 11 heavy (non-hydrogen) atoms. The maximum atomic E-state index is 3.95. The summed E-state index contributed by atoms with van der Waals surface area (Å²) in [5.74, 6) is 0. The lowest BCUT2D eigenvalue weighted by atomic mass is 9.85. The summed E-state index contributed by atoms with van der Waals surface area (Å²) in [5.41, 5.74) is 0. The average molecular weight is 148 g/mol. The van der Waals surface area contributed by atoms with Crippen LogP contribution in [0.5, 0.6) is 0 Å². The quantitative estimate of drug-likeness (QED) is 0.402. The van der Waals surface area contributed by atoms with Crippen LogP contribution in [-0.2, 0) is 0 Å². The van der Waals surface area contributed by atoms with Gasteiger partial charge in [-0.1, -0.05) is 0 Å². The van der Waals surface area contributed by atoms with E-state index in [2.05, 4.69) is 20.6 Å². The van der Waals surface area contributed by atoms with Crippen LogP contribution in [0.2, 0.25) is 0 Å². The van der Waals surface area contributed by atoms with Crippen LogP contribution < -0.4 is 15.6 Å². The summed E-state index contributed by atoms with van der Waals surface area (Å²) in [5, 5.41) is 9.28. The van der Waals surface area contributed by atoms with Crippen molar-refractivity contribution in [2.75, 3.05) is 6.67 Å². The molecule has 1 aromatic rings. The Morgan fingerprint density at radius 2 is 2.64 bits per heavy atom. The van der Waals surface area contributed by atoms with Gasteiger partial charge in [-0.3, -0.25) is 0 Å². The lowest BCUT2D eigenvalue weighted by molar-refractivity contribution is 0.796. The van der Waals surface area contributed by atoms with E-state index in [0.29, 0.717) is 0 Å². The third-order valence-electron chi connectivity index (χ3n) is 1.56. The minimum absolute atomic E-state index is 0.124. The van der Waals surface area contributed by atoms with Gasteiger partial charge in [-0.15, -0.1) is 0 Å². The van der Waals surface area contributed by atoms with Crippen molar-refractivity contribution in [3.05, 3.63) is 18.7 Å². The molecule has 0 amide bonds. The molecule has 0 atom stereocenters. The summed E-state index contributed by atoms with van der Waals surface area (Å²) in [6.07, 6.45) is 5.43. The SMILES string of the molecule is [B]1NCNB(n2ccnc2)N1. The van der Waals surface area contributed by atoms with Crippen molar-refractivity contribution in [2.45, 2.75) is 0 Å². The van der Waals surface area contributed by atoms with E-state index in [9.17, 15) is 0 Å². The number of nitrogens with zero attached hydrogens (tertiary/aromatic N) is 2. The lowest BCUT2D eigenvalue weighted by Gasteiger charge is -2.21. The summed E-state index contributed by atoms with van der Waals surface area (Å²) >= 11 is 0. The van der Waals surface area contributed by atoms with Gasteiger partial charge in [-0.2, -0.15) is 0 Å². The monoisotopic (exact) mass is 148 g/mol. The van der Waals surface area contributed by atoms with Gasteiger partial charge in [0.05, 0.1) is 6.33 Å². The molecule has 1 fully saturated rings. The number of nitrogens with one attached hydrogen (secondary N) is 3. The van der Waals surface area contributed by atoms with Crippen LogP contribution in [0.4, 0.5) is 0 Å². The summed E-state index contributed by atoms with van der Waals surface area (Å²) < 4.78 is 1.96. The highest BCUT2D eigenvalue weighted by atomic mass is 15.2. The maximum Gasteiger partial charge on any atom is 0.426 e. The number of aromatic nitrogens is 2. The normalized spacial score (nSPS) is 18.0. The molecule has 0 bridgehead atoms. The Hall–Kier alpha value is -0.780. The van der Waals surface area contributed by atoms with Gasteiger partial charge >= 0.3 is 7.12 Å². The van der Waals surface area contributed by atoms with Gasteiger partial charge in [0.25, 0.3) is 7.55 Å². The Kier molecular flexibility index (Phi) is 1.93. The first-order chi connectivity index (χ1) is 5.47. The van der Waals surface area contributed by atoms with Crippen LogP contribution in [0.25, 0.3) is 0 Å². The minimum Gasteiger partial charge on any atom is -0.353 e. The molecule has 7 heteroatoms. The molecule has 1 aliphatic rings. The van der Waals surface area contributed by atoms with Crippen LogP contribution in [-0.4, -0.2) is 30.8 Å². The van der Waals surface area contributed by atoms with E-state index < -0.39 is 0 Å². The lowest BCUT2D eigenvalue weighted by Crippen LogP contribution is -2.64. The van der Waals surface area contributed by atoms with Crippen molar-refractivity contribution in [3.63, 3.8) is 0 Å². The fourth-order valence-electron chi connectivity index (χ4n) is 1.02. The van der Waals surface area contributed by atoms with Crippen molar-refractivity contribution in [2.24, 2.45) is 0 Å². The molecule has 0 saturated carbocycles. The van der Waals surface area contributed by atoms with Gasteiger partial charge < -0.3 is 20.1 Å². The Morgan fingerprint density at radius 3 is 3.27 bits per heavy atom. The van der Waals surface area contributed by atoms with Gasteiger partial charge in [0, 0.05) is 19.1 Å². The Balaban J connectivity index is 2.04. The second kappa shape index (κ2) is 3.08. The summed E-state index contributed by atoms with van der Waals surface area (Å²) in [6, 6.07) is 0. The van der Waals surface area contributed by atoms with E-state index >= 15 is 0 Å². The molecule has 2 heterocycles. The first kappa shape index (κ1) is 6.90. The predicted molar refractivity (Wildman–Crippen MR) is 43.4 cm³/mol. The maximum absolute atomic E-state index is 3.95. The topological polar surface area (TPSA) is 53.9 Å². The largest absolute Gasteiger partial charge is 0.426 e. The Labute approximate surface area is 66.0 Å². The third kappa shape index (κ3) is 1.45. The summed E-state index contributed by atoms with van der Waals surface area (Å²) in [7, 11) is 1.94. The first-order valence-corrected chi connectivity index (χ1v) is 3.49. The molecule has 2 rings (SSSR count).